The summed E-state index contributed by atoms with van der Waals surface area (Å²) in [6, 6.07) is 18.4. The fraction of sp³-hybridized carbons (Fsp3) is 0.258. The van der Waals surface area contributed by atoms with Crippen LogP contribution in [-0.2, 0) is 16.0 Å². The molecule has 1 fully saturated rings. The van der Waals surface area contributed by atoms with Crippen molar-refractivity contribution in [2.24, 2.45) is 0 Å². The Kier molecular flexibility index (Phi) is 5.83. The molecule has 38 heavy (non-hydrogen) atoms. The topological polar surface area (TPSA) is 79.7 Å². The number of rotatable bonds is 4. The van der Waals surface area contributed by atoms with Crippen LogP contribution in [0.15, 0.2) is 66.2 Å². The lowest BCUT2D eigenvalue weighted by Crippen LogP contribution is -2.29. The highest BCUT2D eigenvalue weighted by Gasteiger charge is 2.48. The average molecular weight is 525 g/mol. The average Bonchev–Trinajstić information content (AvgIpc) is 3.55. The van der Waals surface area contributed by atoms with E-state index in [9.17, 15) is 14.7 Å². The van der Waals surface area contributed by atoms with Gasteiger partial charge >= 0.3 is 5.91 Å². The number of aliphatic hydroxyl groups is 1. The monoisotopic (exact) mass is 524 g/mol. The van der Waals surface area contributed by atoms with E-state index in [1.807, 2.05) is 68.4 Å². The summed E-state index contributed by atoms with van der Waals surface area (Å²) >= 11 is 1.37. The number of anilines is 1. The molecule has 0 aliphatic carbocycles. The number of aliphatic hydroxyl groups excluding tert-OH is 1. The molecule has 7 heteroatoms. The molecule has 2 unspecified atom stereocenters. The van der Waals surface area contributed by atoms with E-state index in [2.05, 4.69) is 13.8 Å². The molecule has 6 rings (SSSR count). The van der Waals surface area contributed by atoms with Crippen molar-refractivity contribution in [3.63, 3.8) is 0 Å². The van der Waals surface area contributed by atoms with Gasteiger partial charge in [-0.1, -0.05) is 55.5 Å². The van der Waals surface area contributed by atoms with Crippen LogP contribution in [0.5, 0.6) is 5.75 Å². The van der Waals surface area contributed by atoms with E-state index < -0.39 is 17.7 Å². The molecule has 3 heterocycles. The second-order valence-electron chi connectivity index (χ2n) is 10.4. The number of carbonyl (C=O) groups excluding carboxylic acids is 2. The number of ketones is 1. The maximum absolute atomic E-state index is 13.6. The van der Waals surface area contributed by atoms with Crippen LogP contribution < -0.4 is 9.64 Å². The van der Waals surface area contributed by atoms with Crippen LogP contribution in [0, 0.1) is 6.92 Å². The largest absolute Gasteiger partial charge is 0.507 e. The SMILES string of the molecule is Cc1ccc2nc(N3C(=O)C(=O)/C(=C(\O)c4ccc5c(c4)CC(C)O5)C3c3ccc(C(C)C)cc3)sc2c1. The summed E-state index contributed by atoms with van der Waals surface area (Å²) in [4.78, 5) is 33.3. The summed E-state index contributed by atoms with van der Waals surface area (Å²) in [5.74, 6) is -0.499. The zero-order valence-electron chi connectivity index (χ0n) is 21.7. The Morgan fingerprint density at radius 1 is 1.08 bits per heavy atom. The first-order valence-corrected chi connectivity index (χ1v) is 13.6. The molecule has 2 aliphatic rings. The van der Waals surface area contributed by atoms with Crippen molar-refractivity contribution in [3.8, 4) is 5.75 Å². The predicted octanol–water partition coefficient (Wildman–Crippen LogP) is 6.68. The number of Topliss-reactive ketones (excluding diaryl/α,β-unsaturated/α-hetero) is 1. The molecule has 0 saturated carbocycles. The van der Waals surface area contributed by atoms with Gasteiger partial charge in [-0.05, 0) is 72.4 Å². The molecule has 4 aromatic rings. The standard InChI is InChI=1S/C31H28N2O4S/c1-16(2)19-6-8-20(9-7-19)27-26(28(34)21-10-12-24-22(15-21)14-18(4)37-24)29(35)30(36)33(27)31-32-23-11-5-17(3)13-25(23)38-31/h5-13,15-16,18,27,34H,14H2,1-4H3/b28-26-. The molecule has 1 saturated heterocycles. The number of benzene rings is 3. The molecular weight excluding hydrogens is 496 g/mol. The van der Waals surface area contributed by atoms with Gasteiger partial charge in [0.25, 0.3) is 5.78 Å². The minimum absolute atomic E-state index is 0.0510. The summed E-state index contributed by atoms with van der Waals surface area (Å²) in [6.45, 7) is 8.22. The molecule has 1 amide bonds. The molecule has 1 N–H and O–H groups in total. The molecule has 6 nitrogen and oxygen atoms in total. The Morgan fingerprint density at radius 2 is 1.84 bits per heavy atom. The van der Waals surface area contributed by atoms with E-state index in [4.69, 9.17) is 9.72 Å². The Labute approximate surface area is 225 Å². The van der Waals surface area contributed by atoms with Gasteiger partial charge in [-0.2, -0.15) is 0 Å². The number of aromatic nitrogens is 1. The highest BCUT2D eigenvalue weighted by Crippen LogP contribution is 2.45. The fourth-order valence-electron chi connectivity index (χ4n) is 5.26. The highest BCUT2D eigenvalue weighted by molar-refractivity contribution is 7.22. The van der Waals surface area contributed by atoms with Crippen molar-refractivity contribution in [1.82, 2.24) is 4.98 Å². The molecule has 3 aromatic carbocycles. The third kappa shape index (κ3) is 3.98. The lowest BCUT2D eigenvalue weighted by molar-refractivity contribution is -0.132. The van der Waals surface area contributed by atoms with Crippen molar-refractivity contribution < 1.29 is 19.4 Å². The van der Waals surface area contributed by atoms with E-state index in [0.717, 1.165) is 44.6 Å². The Balaban J connectivity index is 1.53. The molecule has 0 radical (unpaired) electrons. The van der Waals surface area contributed by atoms with E-state index in [1.165, 1.54) is 16.2 Å². The smallest absolute Gasteiger partial charge is 0.301 e. The van der Waals surface area contributed by atoms with Crippen LogP contribution in [0.25, 0.3) is 16.0 Å². The van der Waals surface area contributed by atoms with Crippen molar-refractivity contribution in [2.45, 2.75) is 52.2 Å². The van der Waals surface area contributed by atoms with Crippen molar-refractivity contribution in [1.29, 1.82) is 0 Å². The van der Waals surface area contributed by atoms with Gasteiger partial charge in [-0.15, -0.1) is 0 Å². The lowest BCUT2D eigenvalue weighted by atomic mass is 9.93. The number of ether oxygens (including phenoxy) is 1. The summed E-state index contributed by atoms with van der Waals surface area (Å²) in [5.41, 5.74) is 5.26. The Hall–Kier alpha value is -3.97. The van der Waals surface area contributed by atoms with Gasteiger partial charge in [0, 0.05) is 12.0 Å². The summed E-state index contributed by atoms with van der Waals surface area (Å²) in [5, 5.41) is 12.0. The number of nitrogens with zero attached hydrogens (tertiary/aromatic N) is 2. The minimum Gasteiger partial charge on any atom is -0.507 e. The van der Waals surface area contributed by atoms with Crippen LogP contribution in [-0.4, -0.2) is 27.9 Å². The van der Waals surface area contributed by atoms with Gasteiger partial charge < -0.3 is 9.84 Å². The maximum Gasteiger partial charge on any atom is 0.301 e. The number of aryl methyl sites for hydroxylation is 1. The zero-order chi connectivity index (χ0) is 26.7. The zero-order valence-corrected chi connectivity index (χ0v) is 22.5. The van der Waals surface area contributed by atoms with Crippen molar-refractivity contribution in [2.75, 3.05) is 4.90 Å². The molecule has 192 valence electrons. The van der Waals surface area contributed by atoms with Crippen molar-refractivity contribution in [3.05, 3.63) is 94.1 Å². The van der Waals surface area contributed by atoms with Gasteiger partial charge in [0.05, 0.1) is 21.8 Å². The number of carbonyl (C=O) groups is 2. The normalized spacial score (nSPS) is 20.4. The molecule has 1 aromatic heterocycles. The fourth-order valence-corrected chi connectivity index (χ4v) is 6.35. The Bertz CT molecular complexity index is 1630. The van der Waals surface area contributed by atoms with Gasteiger partial charge in [-0.3, -0.25) is 14.5 Å². The van der Waals surface area contributed by atoms with Crippen LogP contribution in [0.1, 0.15) is 60.5 Å². The number of hydrogen-bond donors (Lipinski definition) is 1. The summed E-state index contributed by atoms with van der Waals surface area (Å²) < 4.78 is 6.74. The first-order valence-electron chi connectivity index (χ1n) is 12.8. The van der Waals surface area contributed by atoms with Crippen LogP contribution in [0.4, 0.5) is 5.13 Å². The lowest BCUT2D eigenvalue weighted by Gasteiger charge is -2.23. The number of hydrogen-bond acceptors (Lipinski definition) is 6. The number of fused-ring (bicyclic) bond motifs is 2. The first-order chi connectivity index (χ1) is 18.2. The molecular formula is C31H28N2O4S. The molecule has 2 aliphatic heterocycles. The van der Waals surface area contributed by atoms with Gasteiger partial charge in [-0.25, -0.2) is 4.98 Å². The quantitative estimate of drug-likeness (QED) is 0.183. The molecule has 0 bridgehead atoms. The molecule has 2 atom stereocenters. The van der Waals surface area contributed by atoms with Gasteiger partial charge in [0.1, 0.15) is 17.6 Å². The van der Waals surface area contributed by atoms with Gasteiger partial charge in [0.15, 0.2) is 5.13 Å². The van der Waals surface area contributed by atoms with Crippen LogP contribution in [0.2, 0.25) is 0 Å². The molecule has 0 spiro atoms. The van der Waals surface area contributed by atoms with E-state index in [1.54, 1.807) is 6.07 Å². The highest BCUT2D eigenvalue weighted by atomic mass is 32.1. The van der Waals surface area contributed by atoms with E-state index in [-0.39, 0.29) is 17.4 Å². The second kappa shape index (κ2) is 9.10. The van der Waals surface area contributed by atoms with Crippen molar-refractivity contribution >= 4 is 44.1 Å². The van der Waals surface area contributed by atoms with Gasteiger partial charge in [0.2, 0.25) is 0 Å². The summed E-state index contributed by atoms with van der Waals surface area (Å²) in [6.07, 6.45) is 0.769. The first kappa shape index (κ1) is 24.4. The van der Waals surface area contributed by atoms with E-state index >= 15 is 0 Å². The maximum atomic E-state index is 13.6. The second-order valence-corrected chi connectivity index (χ2v) is 11.4. The van der Waals surface area contributed by atoms with E-state index in [0.29, 0.717) is 16.6 Å². The van der Waals surface area contributed by atoms with Crippen LogP contribution >= 0.6 is 11.3 Å². The number of amides is 1. The minimum atomic E-state index is -0.804. The summed E-state index contributed by atoms with van der Waals surface area (Å²) in [7, 11) is 0. The third-order valence-electron chi connectivity index (χ3n) is 7.27. The third-order valence-corrected chi connectivity index (χ3v) is 8.29. The Morgan fingerprint density at radius 3 is 2.58 bits per heavy atom. The predicted molar refractivity (Wildman–Crippen MR) is 150 cm³/mol. The van der Waals surface area contributed by atoms with Crippen LogP contribution in [0.3, 0.4) is 0 Å². The number of thiazole rings is 1.